The predicted octanol–water partition coefficient (Wildman–Crippen LogP) is 6.22. The summed E-state index contributed by atoms with van der Waals surface area (Å²) in [5.74, 6) is 0.0506. The first-order valence-electron chi connectivity index (χ1n) is 9.22. The standard InChI is InChI=1S/C24H14BrNO4/c25-16-12-10-14(11-13-16)21-20(26-23(27)15-6-2-1-3-7-15)19-22(30-21)17-8-4-5-9-18(17)29-24(19)28/h1-13H,(H,26,27). The molecule has 0 atom stereocenters. The maximum Gasteiger partial charge on any atom is 0.349 e. The molecule has 0 aliphatic rings. The summed E-state index contributed by atoms with van der Waals surface area (Å²) in [5.41, 5.74) is 1.72. The van der Waals surface area contributed by atoms with Crippen LogP contribution in [-0.4, -0.2) is 5.91 Å². The zero-order valence-corrected chi connectivity index (χ0v) is 17.1. The molecule has 0 unspecified atom stereocenters. The number of anilines is 1. The largest absolute Gasteiger partial charge is 0.453 e. The summed E-state index contributed by atoms with van der Waals surface area (Å²) in [7, 11) is 0. The number of carbonyl (C=O) groups is 1. The van der Waals surface area contributed by atoms with Gasteiger partial charge in [0.1, 0.15) is 16.7 Å². The number of para-hydroxylation sites is 1. The number of fused-ring (bicyclic) bond motifs is 3. The van der Waals surface area contributed by atoms with Crippen molar-refractivity contribution >= 4 is 49.5 Å². The maximum atomic E-state index is 12.9. The van der Waals surface area contributed by atoms with E-state index in [1.165, 1.54) is 0 Å². The number of hydrogen-bond acceptors (Lipinski definition) is 4. The first-order valence-corrected chi connectivity index (χ1v) is 10.0. The molecule has 3 aromatic carbocycles. The Morgan fingerprint density at radius 1 is 0.833 bits per heavy atom. The Morgan fingerprint density at radius 2 is 1.53 bits per heavy atom. The number of hydrogen-bond donors (Lipinski definition) is 1. The van der Waals surface area contributed by atoms with Crippen LogP contribution >= 0.6 is 15.9 Å². The fourth-order valence-corrected chi connectivity index (χ4v) is 3.67. The molecule has 0 saturated carbocycles. The lowest BCUT2D eigenvalue weighted by atomic mass is 10.1. The molecule has 5 rings (SSSR count). The van der Waals surface area contributed by atoms with E-state index < -0.39 is 5.63 Å². The minimum Gasteiger partial charge on any atom is -0.453 e. The Kier molecular flexibility index (Phi) is 4.48. The van der Waals surface area contributed by atoms with Gasteiger partial charge in [-0.2, -0.15) is 0 Å². The molecule has 30 heavy (non-hydrogen) atoms. The fraction of sp³-hybridized carbons (Fsp3) is 0. The van der Waals surface area contributed by atoms with E-state index in [4.69, 9.17) is 8.83 Å². The van der Waals surface area contributed by atoms with Crippen LogP contribution in [0.15, 0.2) is 97.0 Å². The van der Waals surface area contributed by atoms with Crippen molar-refractivity contribution < 1.29 is 13.6 Å². The molecule has 0 saturated heterocycles. The smallest absolute Gasteiger partial charge is 0.349 e. The molecule has 0 aliphatic carbocycles. The Hall–Kier alpha value is -3.64. The third-order valence-electron chi connectivity index (χ3n) is 4.83. The van der Waals surface area contributed by atoms with Crippen molar-refractivity contribution in [3.8, 4) is 11.3 Å². The molecule has 0 spiro atoms. The number of furan rings is 1. The van der Waals surface area contributed by atoms with Gasteiger partial charge in [0.05, 0.1) is 5.39 Å². The molecule has 5 aromatic rings. The summed E-state index contributed by atoms with van der Waals surface area (Å²) >= 11 is 3.42. The van der Waals surface area contributed by atoms with Crippen molar-refractivity contribution in [2.24, 2.45) is 0 Å². The van der Waals surface area contributed by atoms with Gasteiger partial charge in [0.2, 0.25) is 0 Å². The van der Waals surface area contributed by atoms with Gasteiger partial charge in [0.25, 0.3) is 5.91 Å². The molecule has 0 fully saturated rings. The van der Waals surface area contributed by atoms with Gasteiger partial charge in [-0.1, -0.05) is 58.4 Å². The maximum absolute atomic E-state index is 12.9. The molecule has 0 radical (unpaired) electrons. The van der Waals surface area contributed by atoms with Crippen molar-refractivity contribution in [1.82, 2.24) is 0 Å². The van der Waals surface area contributed by atoms with Crippen molar-refractivity contribution in [3.63, 3.8) is 0 Å². The Labute approximate surface area is 179 Å². The summed E-state index contributed by atoms with van der Waals surface area (Å²) in [6.45, 7) is 0. The van der Waals surface area contributed by atoms with E-state index in [0.29, 0.717) is 33.6 Å². The van der Waals surface area contributed by atoms with Gasteiger partial charge in [-0.15, -0.1) is 0 Å². The van der Waals surface area contributed by atoms with Gasteiger partial charge >= 0.3 is 5.63 Å². The molecule has 1 N–H and O–H groups in total. The van der Waals surface area contributed by atoms with Crippen molar-refractivity contribution in [2.45, 2.75) is 0 Å². The topological polar surface area (TPSA) is 72.5 Å². The zero-order chi connectivity index (χ0) is 20.7. The van der Waals surface area contributed by atoms with Crippen LogP contribution in [0.1, 0.15) is 10.4 Å². The lowest BCUT2D eigenvalue weighted by Gasteiger charge is -2.06. The summed E-state index contributed by atoms with van der Waals surface area (Å²) in [6, 6.07) is 23.4. The predicted molar refractivity (Wildman–Crippen MR) is 120 cm³/mol. The summed E-state index contributed by atoms with van der Waals surface area (Å²) < 4.78 is 12.6. The highest BCUT2D eigenvalue weighted by Gasteiger charge is 2.24. The van der Waals surface area contributed by atoms with Crippen molar-refractivity contribution in [2.75, 3.05) is 5.32 Å². The van der Waals surface area contributed by atoms with E-state index in [1.54, 1.807) is 36.4 Å². The summed E-state index contributed by atoms with van der Waals surface area (Å²) in [4.78, 5) is 25.7. The molecule has 146 valence electrons. The monoisotopic (exact) mass is 459 g/mol. The van der Waals surface area contributed by atoms with Crippen LogP contribution in [0.5, 0.6) is 0 Å². The van der Waals surface area contributed by atoms with E-state index in [1.807, 2.05) is 42.5 Å². The first kappa shape index (κ1) is 18.4. The van der Waals surface area contributed by atoms with Crippen LogP contribution in [0.4, 0.5) is 5.69 Å². The molecule has 0 bridgehead atoms. The lowest BCUT2D eigenvalue weighted by Crippen LogP contribution is -2.13. The molecule has 2 aromatic heterocycles. The van der Waals surface area contributed by atoms with Crippen molar-refractivity contribution in [3.05, 3.63) is 99.3 Å². The van der Waals surface area contributed by atoms with E-state index in [9.17, 15) is 9.59 Å². The second kappa shape index (κ2) is 7.31. The zero-order valence-electron chi connectivity index (χ0n) is 15.5. The molecule has 1 amide bonds. The van der Waals surface area contributed by atoms with Gasteiger partial charge < -0.3 is 14.2 Å². The third-order valence-corrected chi connectivity index (χ3v) is 5.36. The first-order chi connectivity index (χ1) is 14.6. The molecule has 0 aliphatic heterocycles. The minimum atomic E-state index is -0.570. The fourth-order valence-electron chi connectivity index (χ4n) is 3.41. The van der Waals surface area contributed by atoms with Crippen LogP contribution in [0.2, 0.25) is 0 Å². The molecule has 6 heteroatoms. The summed E-state index contributed by atoms with van der Waals surface area (Å²) in [6.07, 6.45) is 0. The highest BCUT2D eigenvalue weighted by molar-refractivity contribution is 9.10. The van der Waals surface area contributed by atoms with Gasteiger partial charge in [-0.25, -0.2) is 4.79 Å². The number of amides is 1. The van der Waals surface area contributed by atoms with Crippen LogP contribution in [-0.2, 0) is 0 Å². The van der Waals surface area contributed by atoms with Crippen molar-refractivity contribution in [1.29, 1.82) is 0 Å². The molecular weight excluding hydrogens is 446 g/mol. The molecule has 2 heterocycles. The van der Waals surface area contributed by atoms with Gasteiger partial charge in [0, 0.05) is 15.6 Å². The highest BCUT2D eigenvalue weighted by Crippen LogP contribution is 2.39. The van der Waals surface area contributed by atoms with Gasteiger partial charge in [0.15, 0.2) is 11.3 Å². The number of nitrogens with one attached hydrogen (secondary N) is 1. The SMILES string of the molecule is O=C(Nc1c(-c2ccc(Br)cc2)oc2c1c(=O)oc1ccccc12)c1ccccc1. The Morgan fingerprint density at radius 3 is 2.30 bits per heavy atom. The average Bonchev–Trinajstić information content (AvgIpc) is 3.15. The molecular formula is C24H14BrNO4. The van der Waals surface area contributed by atoms with E-state index >= 15 is 0 Å². The van der Waals surface area contributed by atoms with Crippen LogP contribution in [0.3, 0.4) is 0 Å². The second-order valence-corrected chi connectivity index (χ2v) is 7.64. The number of carbonyl (C=O) groups excluding carboxylic acids is 1. The van der Waals surface area contributed by atoms with Crippen LogP contribution in [0.25, 0.3) is 33.3 Å². The van der Waals surface area contributed by atoms with E-state index in [0.717, 1.165) is 10.0 Å². The third kappa shape index (κ3) is 3.11. The average molecular weight is 460 g/mol. The Bertz CT molecular complexity index is 1450. The van der Waals surface area contributed by atoms with Crippen LogP contribution < -0.4 is 10.9 Å². The van der Waals surface area contributed by atoms with E-state index in [2.05, 4.69) is 21.2 Å². The second-order valence-electron chi connectivity index (χ2n) is 6.72. The minimum absolute atomic E-state index is 0.205. The number of halogens is 1. The van der Waals surface area contributed by atoms with E-state index in [-0.39, 0.29) is 11.3 Å². The quantitative estimate of drug-likeness (QED) is 0.325. The summed E-state index contributed by atoms with van der Waals surface area (Å²) in [5, 5.41) is 3.73. The lowest BCUT2D eigenvalue weighted by molar-refractivity contribution is 0.102. The molecule has 5 nitrogen and oxygen atoms in total. The van der Waals surface area contributed by atoms with Gasteiger partial charge in [-0.05, 0) is 36.4 Å². The number of benzene rings is 3. The number of rotatable bonds is 3. The highest BCUT2D eigenvalue weighted by atomic mass is 79.9. The normalized spacial score (nSPS) is 11.1. The Balaban J connectivity index is 1.78. The van der Waals surface area contributed by atoms with Crippen LogP contribution in [0, 0.1) is 0 Å². The van der Waals surface area contributed by atoms with Gasteiger partial charge in [-0.3, -0.25) is 4.79 Å².